The highest BCUT2D eigenvalue weighted by atomic mass is 35.5. The summed E-state index contributed by atoms with van der Waals surface area (Å²) in [5, 5.41) is 0.810. The van der Waals surface area contributed by atoms with Crippen molar-refractivity contribution >= 4 is 40.6 Å². The van der Waals surface area contributed by atoms with E-state index < -0.39 is 11.7 Å². The van der Waals surface area contributed by atoms with Gasteiger partial charge in [-0.3, -0.25) is 9.59 Å². The molecule has 1 amide bonds. The van der Waals surface area contributed by atoms with Gasteiger partial charge in [0.2, 0.25) is 0 Å². The average molecular weight is 307 g/mol. The molecule has 0 atom stereocenters. The fourth-order valence-electron chi connectivity index (χ4n) is 2.11. The van der Waals surface area contributed by atoms with E-state index in [0.29, 0.717) is 21.4 Å². The minimum Gasteiger partial charge on any atom is -0.300 e. The number of benzene rings is 1. The van der Waals surface area contributed by atoms with Crippen LogP contribution in [0.2, 0.25) is 10.2 Å². The molecule has 100 valence electrons. The zero-order chi connectivity index (χ0) is 14.3. The van der Waals surface area contributed by atoms with Crippen molar-refractivity contribution in [3.05, 3.63) is 57.8 Å². The zero-order valence-corrected chi connectivity index (χ0v) is 11.6. The van der Waals surface area contributed by atoms with Gasteiger partial charge < -0.3 is 4.90 Å². The Bertz CT molecular complexity index is 714. The van der Waals surface area contributed by atoms with Crippen LogP contribution < -0.4 is 4.90 Å². The average Bonchev–Trinajstić information content (AvgIpc) is 2.66. The number of amides is 1. The molecule has 1 aliphatic heterocycles. The summed E-state index contributed by atoms with van der Waals surface area (Å²) >= 11 is 11.6. The number of rotatable bonds is 2. The SMILES string of the molecule is O=C1C(=O)N(Cc2ccc(Cl)nc2)c2ccc(Cl)cc21. The third kappa shape index (κ3) is 2.17. The maximum absolute atomic E-state index is 12.0. The Morgan fingerprint density at radius 2 is 1.90 bits per heavy atom. The Hall–Kier alpha value is -1.91. The predicted octanol–water partition coefficient (Wildman–Crippen LogP) is 3.12. The van der Waals surface area contributed by atoms with Gasteiger partial charge in [0.05, 0.1) is 17.8 Å². The molecular formula is C14H8Cl2N2O2. The lowest BCUT2D eigenvalue weighted by Crippen LogP contribution is -2.29. The molecule has 1 aromatic carbocycles. The first kappa shape index (κ1) is 13.1. The quantitative estimate of drug-likeness (QED) is 0.633. The molecule has 0 N–H and O–H groups in total. The monoisotopic (exact) mass is 306 g/mol. The van der Waals surface area contributed by atoms with Gasteiger partial charge in [-0.25, -0.2) is 4.98 Å². The van der Waals surface area contributed by atoms with Crippen molar-refractivity contribution in [2.75, 3.05) is 4.90 Å². The maximum atomic E-state index is 12.0. The van der Waals surface area contributed by atoms with Crippen molar-refractivity contribution in [2.24, 2.45) is 0 Å². The van der Waals surface area contributed by atoms with E-state index in [9.17, 15) is 9.59 Å². The number of carbonyl (C=O) groups excluding carboxylic acids is 2. The van der Waals surface area contributed by atoms with Crippen LogP contribution in [0, 0.1) is 0 Å². The second-order valence-corrected chi connectivity index (χ2v) is 5.19. The van der Waals surface area contributed by atoms with E-state index in [1.165, 1.54) is 11.0 Å². The van der Waals surface area contributed by atoms with E-state index in [-0.39, 0.29) is 6.54 Å². The van der Waals surface area contributed by atoms with E-state index in [4.69, 9.17) is 23.2 Å². The molecule has 0 unspecified atom stereocenters. The van der Waals surface area contributed by atoms with Gasteiger partial charge in [0.15, 0.2) is 0 Å². The van der Waals surface area contributed by atoms with Gasteiger partial charge in [0.1, 0.15) is 5.15 Å². The number of hydrogen-bond acceptors (Lipinski definition) is 3. The third-order valence-corrected chi connectivity index (χ3v) is 3.52. The number of anilines is 1. The Morgan fingerprint density at radius 3 is 2.60 bits per heavy atom. The number of ketones is 1. The molecule has 1 aromatic heterocycles. The molecule has 0 spiro atoms. The second kappa shape index (κ2) is 4.89. The molecule has 6 heteroatoms. The van der Waals surface area contributed by atoms with E-state index >= 15 is 0 Å². The smallest absolute Gasteiger partial charge is 0.299 e. The minimum absolute atomic E-state index is 0.267. The van der Waals surface area contributed by atoms with Crippen molar-refractivity contribution in [3.63, 3.8) is 0 Å². The Kier molecular flexibility index (Phi) is 3.20. The van der Waals surface area contributed by atoms with Gasteiger partial charge >= 0.3 is 0 Å². The van der Waals surface area contributed by atoms with Crippen LogP contribution in [-0.2, 0) is 11.3 Å². The number of hydrogen-bond donors (Lipinski definition) is 0. The Labute approximate surface area is 124 Å². The first-order valence-electron chi connectivity index (χ1n) is 5.82. The van der Waals surface area contributed by atoms with Crippen molar-refractivity contribution in [2.45, 2.75) is 6.54 Å². The van der Waals surface area contributed by atoms with Crippen LogP contribution in [0.25, 0.3) is 0 Å². The normalized spacial score (nSPS) is 13.8. The van der Waals surface area contributed by atoms with Crippen LogP contribution in [0.15, 0.2) is 36.5 Å². The van der Waals surface area contributed by atoms with Gasteiger partial charge in [0.25, 0.3) is 11.7 Å². The molecule has 2 heterocycles. The Morgan fingerprint density at radius 1 is 1.10 bits per heavy atom. The lowest BCUT2D eigenvalue weighted by Gasteiger charge is -2.16. The van der Waals surface area contributed by atoms with E-state index in [2.05, 4.69) is 4.98 Å². The largest absolute Gasteiger partial charge is 0.300 e. The lowest BCUT2D eigenvalue weighted by molar-refractivity contribution is -0.114. The zero-order valence-electron chi connectivity index (χ0n) is 10.1. The van der Waals surface area contributed by atoms with Gasteiger partial charge in [-0.2, -0.15) is 0 Å². The van der Waals surface area contributed by atoms with Crippen LogP contribution in [0.3, 0.4) is 0 Å². The fourth-order valence-corrected chi connectivity index (χ4v) is 2.40. The molecule has 0 aliphatic carbocycles. The maximum Gasteiger partial charge on any atom is 0.299 e. The molecular weight excluding hydrogens is 299 g/mol. The minimum atomic E-state index is -0.558. The number of pyridine rings is 1. The van der Waals surface area contributed by atoms with Crippen LogP contribution in [0.4, 0.5) is 5.69 Å². The molecule has 0 saturated heterocycles. The van der Waals surface area contributed by atoms with E-state index in [0.717, 1.165) is 5.56 Å². The molecule has 0 bridgehead atoms. The Balaban J connectivity index is 1.97. The van der Waals surface area contributed by atoms with Gasteiger partial charge in [-0.1, -0.05) is 29.3 Å². The number of carbonyl (C=O) groups is 2. The lowest BCUT2D eigenvalue weighted by atomic mass is 10.1. The van der Waals surface area contributed by atoms with Crippen LogP contribution in [-0.4, -0.2) is 16.7 Å². The highest BCUT2D eigenvalue weighted by molar-refractivity contribution is 6.52. The number of halogens is 2. The summed E-state index contributed by atoms with van der Waals surface area (Å²) in [7, 11) is 0. The third-order valence-electron chi connectivity index (χ3n) is 3.06. The summed E-state index contributed by atoms with van der Waals surface area (Å²) in [6.45, 7) is 0.267. The van der Waals surface area contributed by atoms with E-state index in [1.807, 2.05) is 0 Å². The molecule has 3 rings (SSSR count). The molecule has 4 nitrogen and oxygen atoms in total. The highest BCUT2D eigenvalue weighted by Crippen LogP contribution is 2.32. The van der Waals surface area contributed by atoms with Crippen LogP contribution in [0.5, 0.6) is 0 Å². The van der Waals surface area contributed by atoms with Crippen molar-refractivity contribution in [1.29, 1.82) is 0 Å². The summed E-state index contributed by atoms with van der Waals surface area (Å²) < 4.78 is 0. The van der Waals surface area contributed by atoms with Crippen LogP contribution >= 0.6 is 23.2 Å². The van der Waals surface area contributed by atoms with Gasteiger partial charge in [-0.15, -0.1) is 0 Å². The van der Waals surface area contributed by atoms with Gasteiger partial charge in [0, 0.05) is 11.2 Å². The number of Topliss-reactive ketones (excluding diaryl/α,β-unsaturated/α-hetero) is 1. The van der Waals surface area contributed by atoms with Crippen LogP contribution in [0.1, 0.15) is 15.9 Å². The predicted molar refractivity (Wildman–Crippen MR) is 76.2 cm³/mol. The summed E-state index contributed by atoms with van der Waals surface area (Å²) in [5.41, 5.74) is 1.70. The highest BCUT2D eigenvalue weighted by Gasteiger charge is 2.35. The number of aromatic nitrogens is 1. The summed E-state index contributed by atoms with van der Waals surface area (Å²) in [6.07, 6.45) is 1.58. The summed E-state index contributed by atoms with van der Waals surface area (Å²) in [4.78, 5) is 29.3. The van der Waals surface area contributed by atoms with Crippen molar-refractivity contribution in [3.8, 4) is 0 Å². The first-order chi connectivity index (χ1) is 9.56. The molecule has 20 heavy (non-hydrogen) atoms. The molecule has 0 saturated carbocycles. The van der Waals surface area contributed by atoms with Crippen molar-refractivity contribution < 1.29 is 9.59 Å². The molecule has 0 radical (unpaired) electrons. The standard InChI is InChI=1S/C14H8Cl2N2O2/c15-9-2-3-11-10(5-9)13(19)14(20)18(11)7-8-1-4-12(16)17-6-8/h1-6H,7H2. The summed E-state index contributed by atoms with van der Waals surface area (Å²) in [5.74, 6) is -1.10. The first-order valence-corrected chi connectivity index (χ1v) is 6.58. The molecule has 1 aliphatic rings. The van der Waals surface area contributed by atoms with Gasteiger partial charge in [-0.05, 0) is 29.8 Å². The number of fused-ring (bicyclic) bond motifs is 1. The fraction of sp³-hybridized carbons (Fsp3) is 0.0714. The van der Waals surface area contributed by atoms with Crippen molar-refractivity contribution in [1.82, 2.24) is 4.98 Å². The summed E-state index contributed by atoms with van der Waals surface area (Å²) in [6, 6.07) is 8.24. The molecule has 0 fully saturated rings. The second-order valence-electron chi connectivity index (χ2n) is 4.37. The molecule has 2 aromatic rings. The topological polar surface area (TPSA) is 50.3 Å². The van der Waals surface area contributed by atoms with E-state index in [1.54, 1.807) is 30.5 Å². The number of nitrogens with zero attached hydrogens (tertiary/aromatic N) is 2.